The lowest BCUT2D eigenvalue weighted by molar-refractivity contribution is 0.0524. The van der Waals surface area contributed by atoms with Gasteiger partial charge in [0.1, 0.15) is 10.2 Å². The average molecular weight is 381 g/mol. The molecule has 1 heterocycles. The Morgan fingerprint density at radius 3 is 2.70 bits per heavy atom. The van der Waals surface area contributed by atoms with Crippen LogP contribution in [0.1, 0.15) is 47.9 Å². The second-order valence-electron chi connectivity index (χ2n) is 5.30. The molecule has 23 heavy (non-hydrogen) atoms. The first kappa shape index (κ1) is 17.7. The maximum Gasteiger partial charge on any atom is 0.342 e. The van der Waals surface area contributed by atoms with Crippen molar-refractivity contribution in [2.24, 2.45) is 0 Å². The number of ether oxygens (including phenoxy) is 1. The van der Waals surface area contributed by atoms with Crippen LogP contribution in [0.4, 0.5) is 0 Å². The molecule has 1 atom stereocenters. The van der Waals surface area contributed by atoms with Gasteiger partial charge in [-0.1, -0.05) is 30.3 Å². The van der Waals surface area contributed by atoms with Crippen LogP contribution in [0.5, 0.6) is 0 Å². The molecular formula is C17H21BrN2O3. The van der Waals surface area contributed by atoms with Crippen molar-refractivity contribution < 1.29 is 14.6 Å². The number of aliphatic hydroxyl groups excluding tert-OH is 1. The summed E-state index contributed by atoms with van der Waals surface area (Å²) in [6.45, 7) is 4.13. The van der Waals surface area contributed by atoms with E-state index in [9.17, 15) is 9.90 Å². The Hall–Kier alpha value is -1.66. The summed E-state index contributed by atoms with van der Waals surface area (Å²) in [5.74, 6) is -0.382. The van der Waals surface area contributed by atoms with E-state index >= 15 is 0 Å². The topological polar surface area (TPSA) is 64.3 Å². The molecule has 0 aliphatic rings. The molecule has 0 aliphatic carbocycles. The summed E-state index contributed by atoms with van der Waals surface area (Å²) in [6.07, 6.45) is 1.14. The van der Waals surface area contributed by atoms with Crippen molar-refractivity contribution in [1.82, 2.24) is 9.78 Å². The van der Waals surface area contributed by atoms with E-state index in [1.54, 1.807) is 11.6 Å². The van der Waals surface area contributed by atoms with Gasteiger partial charge in [0.25, 0.3) is 0 Å². The standard InChI is InChI=1S/C17H21BrN2O3/c1-3-23-17(22)15-14(11-13-7-5-4-6-8-13)20(19-16(15)18)12(2)9-10-21/h4-8,12,21H,3,9-11H2,1-2H3. The van der Waals surface area contributed by atoms with Gasteiger partial charge in [-0.05, 0) is 41.8 Å². The molecule has 1 aromatic heterocycles. The zero-order valence-electron chi connectivity index (χ0n) is 13.3. The molecule has 124 valence electrons. The fourth-order valence-electron chi connectivity index (χ4n) is 2.48. The van der Waals surface area contributed by atoms with Crippen LogP contribution < -0.4 is 0 Å². The number of nitrogens with zero attached hydrogens (tertiary/aromatic N) is 2. The van der Waals surface area contributed by atoms with Crippen molar-refractivity contribution in [3.63, 3.8) is 0 Å². The first-order chi connectivity index (χ1) is 11.1. The SMILES string of the molecule is CCOC(=O)c1c(Br)nn(C(C)CCO)c1Cc1ccccc1. The lowest BCUT2D eigenvalue weighted by Gasteiger charge is -2.15. The Kier molecular flexibility index (Phi) is 6.36. The number of hydrogen-bond donors (Lipinski definition) is 1. The van der Waals surface area contributed by atoms with Crippen LogP contribution >= 0.6 is 15.9 Å². The minimum Gasteiger partial charge on any atom is -0.462 e. The highest BCUT2D eigenvalue weighted by Gasteiger charge is 2.25. The lowest BCUT2D eigenvalue weighted by Crippen LogP contribution is -2.15. The normalized spacial score (nSPS) is 12.2. The molecule has 2 aromatic rings. The highest BCUT2D eigenvalue weighted by Crippen LogP contribution is 2.27. The molecule has 6 heteroatoms. The Labute approximate surface area is 144 Å². The molecule has 0 spiro atoms. The van der Waals surface area contributed by atoms with Gasteiger partial charge >= 0.3 is 5.97 Å². The number of benzene rings is 1. The molecule has 0 saturated carbocycles. The van der Waals surface area contributed by atoms with E-state index in [1.165, 1.54) is 0 Å². The molecular weight excluding hydrogens is 360 g/mol. The van der Waals surface area contributed by atoms with Gasteiger partial charge in [0.15, 0.2) is 0 Å². The van der Waals surface area contributed by atoms with Gasteiger partial charge < -0.3 is 9.84 Å². The van der Waals surface area contributed by atoms with Crippen LogP contribution in [-0.4, -0.2) is 34.1 Å². The minimum absolute atomic E-state index is 0.0156. The van der Waals surface area contributed by atoms with Crippen molar-refractivity contribution in [2.75, 3.05) is 13.2 Å². The second-order valence-corrected chi connectivity index (χ2v) is 6.05. The number of aromatic nitrogens is 2. The Morgan fingerprint density at radius 1 is 1.39 bits per heavy atom. The third-order valence-electron chi connectivity index (χ3n) is 3.63. The zero-order chi connectivity index (χ0) is 16.8. The summed E-state index contributed by atoms with van der Waals surface area (Å²) in [5.41, 5.74) is 2.34. The van der Waals surface area contributed by atoms with Crippen LogP contribution in [0.15, 0.2) is 34.9 Å². The number of aliphatic hydroxyl groups is 1. The largest absolute Gasteiger partial charge is 0.462 e. The highest BCUT2D eigenvalue weighted by atomic mass is 79.9. The van der Waals surface area contributed by atoms with E-state index in [1.807, 2.05) is 37.3 Å². The second kappa shape index (κ2) is 8.26. The van der Waals surface area contributed by atoms with E-state index in [2.05, 4.69) is 21.0 Å². The molecule has 0 fully saturated rings. The smallest absolute Gasteiger partial charge is 0.342 e. The highest BCUT2D eigenvalue weighted by molar-refractivity contribution is 9.10. The lowest BCUT2D eigenvalue weighted by atomic mass is 10.1. The van der Waals surface area contributed by atoms with Gasteiger partial charge in [0, 0.05) is 13.0 Å². The van der Waals surface area contributed by atoms with Gasteiger partial charge in [-0.15, -0.1) is 0 Å². The zero-order valence-corrected chi connectivity index (χ0v) is 14.9. The molecule has 0 saturated heterocycles. The van der Waals surface area contributed by atoms with E-state index in [0.29, 0.717) is 29.6 Å². The predicted molar refractivity (Wildman–Crippen MR) is 91.5 cm³/mol. The number of halogens is 1. The van der Waals surface area contributed by atoms with Crippen LogP contribution in [-0.2, 0) is 11.2 Å². The van der Waals surface area contributed by atoms with Crippen molar-refractivity contribution in [1.29, 1.82) is 0 Å². The van der Waals surface area contributed by atoms with E-state index < -0.39 is 0 Å². The maximum atomic E-state index is 12.3. The summed E-state index contributed by atoms with van der Waals surface area (Å²) >= 11 is 3.38. The van der Waals surface area contributed by atoms with Crippen LogP contribution in [0.2, 0.25) is 0 Å². The average Bonchev–Trinajstić information content (AvgIpc) is 2.85. The van der Waals surface area contributed by atoms with Gasteiger partial charge in [-0.3, -0.25) is 4.68 Å². The van der Waals surface area contributed by atoms with Gasteiger partial charge in [0.2, 0.25) is 0 Å². The van der Waals surface area contributed by atoms with E-state index in [0.717, 1.165) is 11.3 Å². The number of carbonyl (C=O) groups excluding carboxylic acids is 1. The molecule has 0 radical (unpaired) electrons. The van der Waals surface area contributed by atoms with Crippen molar-refractivity contribution in [3.8, 4) is 0 Å². The summed E-state index contributed by atoms with van der Waals surface area (Å²) < 4.78 is 7.45. The Balaban J connectivity index is 2.46. The number of esters is 1. The third-order valence-corrected chi connectivity index (χ3v) is 4.18. The van der Waals surface area contributed by atoms with E-state index in [4.69, 9.17) is 4.74 Å². The van der Waals surface area contributed by atoms with Crippen LogP contribution in [0, 0.1) is 0 Å². The van der Waals surface area contributed by atoms with Crippen LogP contribution in [0.25, 0.3) is 0 Å². The Morgan fingerprint density at radius 2 is 2.09 bits per heavy atom. The van der Waals surface area contributed by atoms with Crippen molar-refractivity contribution >= 4 is 21.9 Å². The fraction of sp³-hybridized carbons (Fsp3) is 0.412. The summed E-state index contributed by atoms with van der Waals surface area (Å²) in [5, 5.41) is 13.7. The molecule has 1 aromatic carbocycles. The summed E-state index contributed by atoms with van der Waals surface area (Å²) in [4.78, 5) is 12.3. The van der Waals surface area contributed by atoms with Gasteiger partial charge in [-0.25, -0.2) is 4.79 Å². The molecule has 1 N–H and O–H groups in total. The first-order valence-corrected chi connectivity index (χ1v) is 8.46. The molecule has 0 aliphatic heterocycles. The third kappa shape index (κ3) is 4.20. The monoisotopic (exact) mass is 380 g/mol. The van der Waals surface area contributed by atoms with Crippen molar-refractivity contribution in [3.05, 3.63) is 51.8 Å². The van der Waals surface area contributed by atoms with Crippen LogP contribution in [0.3, 0.4) is 0 Å². The molecule has 1 unspecified atom stereocenters. The Bertz CT molecular complexity index is 655. The first-order valence-electron chi connectivity index (χ1n) is 7.67. The molecule has 5 nitrogen and oxygen atoms in total. The minimum atomic E-state index is -0.382. The molecule has 0 amide bonds. The molecule has 0 bridgehead atoms. The number of carbonyl (C=O) groups is 1. The summed E-state index contributed by atoms with van der Waals surface area (Å²) in [7, 11) is 0. The molecule has 2 rings (SSSR count). The van der Waals surface area contributed by atoms with E-state index in [-0.39, 0.29) is 18.6 Å². The maximum absolute atomic E-state index is 12.3. The number of rotatable bonds is 7. The fourth-order valence-corrected chi connectivity index (χ4v) is 3.04. The van der Waals surface area contributed by atoms with Gasteiger partial charge in [-0.2, -0.15) is 5.10 Å². The quantitative estimate of drug-likeness (QED) is 0.747. The predicted octanol–water partition coefficient (Wildman–Crippen LogP) is 3.36. The number of hydrogen-bond acceptors (Lipinski definition) is 4. The summed E-state index contributed by atoms with van der Waals surface area (Å²) in [6, 6.07) is 9.89. The van der Waals surface area contributed by atoms with Gasteiger partial charge in [0.05, 0.1) is 18.3 Å². The van der Waals surface area contributed by atoms with Crippen molar-refractivity contribution in [2.45, 2.75) is 32.7 Å².